The predicted octanol–water partition coefficient (Wildman–Crippen LogP) is 8.97. The Morgan fingerprint density at radius 3 is 2.03 bits per heavy atom. The normalized spacial score (nSPS) is 19.0. The van der Waals surface area contributed by atoms with Crippen molar-refractivity contribution in [3.63, 3.8) is 0 Å². The summed E-state index contributed by atoms with van der Waals surface area (Å²) < 4.78 is 67.7. The zero-order valence-corrected chi connectivity index (χ0v) is 36.5. The summed E-state index contributed by atoms with van der Waals surface area (Å²) in [5.41, 5.74) is 0.283. The monoisotopic (exact) mass is 873 g/mol. The second kappa shape index (κ2) is 17.3. The van der Waals surface area contributed by atoms with E-state index in [9.17, 15) is 4.79 Å². The molecular formula is C46H51ClF3N7O5. The number of nitrogens with zero attached hydrogens (tertiary/aromatic N) is 7. The van der Waals surface area contributed by atoms with Gasteiger partial charge in [-0.2, -0.15) is 23.1 Å². The molecule has 3 atom stereocenters. The van der Waals surface area contributed by atoms with Gasteiger partial charge in [-0.25, -0.2) is 9.78 Å². The number of carbonyl (C=O) groups is 1. The van der Waals surface area contributed by atoms with E-state index < -0.39 is 23.4 Å². The number of alkyl halides is 3. The maximum Gasteiger partial charge on any atom is 0.418 e. The number of aromatic nitrogens is 3. The van der Waals surface area contributed by atoms with Crippen LogP contribution in [-0.2, 0) is 24.0 Å². The quantitative estimate of drug-likeness (QED) is 0.120. The fourth-order valence-corrected chi connectivity index (χ4v) is 8.65. The number of fused-ring (bicyclic) bond motifs is 2. The number of pyridine rings is 1. The van der Waals surface area contributed by atoms with Crippen LogP contribution >= 0.6 is 11.6 Å². The molecule has 0 bridgehead atoms. The summed E-state index contributed by atoms with van der Waals surface area (Å²) in [5, 5.41) is 0.574. The van der Waals surface area contributed by atoms with Gasteiger partial charge in [-0.05, 0) is 106 Å². The largest absolute Gasteiger partial charge is 0.497 e. The Balaban J connectivity index is 1.19. The molecule has 1 saturated carbocycles. The van der Waals surface area contributed by atoms with Gasteiger partial charge in [-0.1, -0.05) is 35.9 Å². The van der Waals surface area contributed by atoms with E-state index in [1.807, 2.05) is 79.1 Å². The number of amides is 1. The van der Waals surface area contributed by atoms with Crippen LogP contribution in [0.1, 0.15) is 43.9 Å². The van der Waals surface area contributed by atoms with Gasteiger partial charge in [0, 0.05) is 62.8 Å². The van der Waals surface area contributed by atoms with Crippen LogP contribution < -0.4 is 24.0 Å². The molecule has 4 heterocycles. The van der Waals surface area contributed by atoms with Crippen LogP contribution in [0.4, 0.5) is 29.6 Å². The third-order valence-electron chi connectivity index (χ3n) is 11.7. The molecule has 328 valence electrons. The van der Waals surface area contributed by atoms with Crippen molar-refractivity contribution in [1.29, 1.82) is 0 Å². The Bertz CT molecular complexity index is 2360. The predicted molar refractivity (Wildman–Crippen MR) is 232 cm³/mol. The van der Waals surface area contributed by atoms with E-state index in [1.54, 1.807) is 31.3 Å². The molecule has 62 heavy (non-hydrogen) atoms. The molecule has 3 fully saturated rings. The highest BCUT2D eigenvalue weighted by Gasteiger charge is 2.51. The zero-order chi connectivity index (χ0) is 43.9. The molecule has 1 amide bonds. The van der Waals surface area contributed by atoms with Crippen molar-refractivity contribution in [1.82, 2.24) is 24.8 Å². The highest BCUT2D eigenvalue weighted by Crippen LogP contribution is 2.49. The number of rotatable bonds is 12. The topological polar surface area (TPSA) is 106 Å². The minimum Gasteiger partial charge on any atom is -0.497 e. The summed E-state index contributed by atoms with van der Waals surface area (Å²) in [6.45, 7) is 9.08. The number of hydrogen-bond donors (Lipinski definition) is 0. The lowest BCUT2D eigenvalue weighted by Crippen LogP contribution is -2.50. The molecule has 2 aliphatic heterocycles. The van der Waals surface area contributed by atoms with Gasteiger partial charge in [0.05, 0.1) is 36.0 Å². The summed E-state index contributed by atoms with van der Waals surface area (Å²) in [7, 11) is 5.26. The van der Waals surface area contributed by atoms with Crippen LogP contribution in [0.25, 0.3) is 22.2 Å². The number of benzene rings is 3. The van der Waals surface area contributed by atoms with Gasteiger partial charge in [0.1, 0.15) is 35.3 Å². The number of likely N-dealkylation sites (tertiary alicyclic amines) is 1. The number of likely N-dealkylation sites (N-methyl/N-ethyl adjacent to an activating group) is 1. The van der Waals surface area contributed by atoms with Crippen molar-refractivity contribution < 1.29 is 36.9 Å². The molecule has 0 radical (unpaired) electrons. The van der Waals surface area contributed by atoms with E-state index in [-0.39, 0.29) is 28.3 Å². The van der Waals surface area contributed by atoms with Crippen molar-refractivity contribution in [3.8, 4) is 28.8 Å². The number of carbonyl (C=O) groups excluding carboxylic acids is 1. The lowest BCUT2D eigenvalue weighted by molar-refractivity contribution is -0.137. The molecule has 5 aromatic rings. The number of methoxy groups -OCH3 is 2. The van der Waals surface area contributed by atoms with Crippen molar-refractivity contribution in [3.05, 3.63) is 94.5 Å². The van der Waals surface area contributed by atoms with E-state index in [1.165, 1.54) is 6.07 Å². The van der Waals surface area contributed by atoms with E-state index in [0.29, 0.717) is 91.7 Å². The summed E-state index contributed by atoms with van der Waals surface area (Å²) in [6, 6.07) is 20.9. The van der Waals surface area contributed by atoms with Gasteiger partial charge in [0.2, 0.25) is 0 Å². The maximum absolute atomic E-state index is 15.0. The third kappa shape index (κ3) is 9.58. The van der Waals surface area contributed by atoms with Crippen LogP contribution in [0.2, 0.25) is 5.02 Å². The van der Waals surface area contributed by atoms with Gasteiger partial charge in [-0.15, -0.1) is 0 Å². The van der Waals surface area contributed by atoms with Crippen LogP contribution in [0, 0.1) is 11.8 Å². The van der Waals surface area contributed by atoms with E-state index >= 15 is 13.2 Å². The molecule has 0 unspecified atom stereocenters. The Morgan fingerprint density at radius 1 is 0.855 bits per heavy atom. The Morgan fingerprint density at radius 2 is 1.48 bits per heavy atom. The summed E-state index contributed by atoms with van der Waals surface area (Å²) in [5.74, 6) is 3.41. The summed E-state index contributed by atoms with van der Waals surface area (Å²) in [6.07, 6.45) is -4.00. The molecule has 8 rings (SSSR count). The molecule has 16 heteroatoms. The van der Waals surface area contributed by atoms with Crippen molar-refractivity contribution in [2.75, 3.05) is 70.4 Å². The van der Waals surface area contributed by atoms with Gasteiger partial charge in [0.15, 0.2) is 0 Å². The van der Waals surface area contributed by atoms with E-state index in [2.05, 4.69) is 11.9 Å². The third-order valence-corrected chi connectivity index (χ3v) is 12.1. The molecule has 0 N–H and O–H groups in total. The molecule has 1 aliphatic carbocycles. The van der Waals surface area contributed by atoms with Crippen LogP contribution in [0.3, 0.4) is 0 Å². The van der Waals surface area contributed by atoms with Crippen LogP contribution in [-0.4, -0.2) is 103 Å². The highest BCUT2D eigenvalue weighted by molar-refractivity contribution is 6.34. The van der Waals surface area contributed by atoms with Gasteiger partial charge in [-0.3, -0.25) is 4.90 Å². The first-order valence-corrected chi connectivity index (χ1v) is 21.1. The fraction of sp³-hybridized carbons (Fsp3) is 0.435. The fourth-order valence-electron chi connectivity index (χ4n) is 8.40. The number of halogens is 4. The second-order valence-corrected chi connectivity index (χ2v) is 17.6. The first-order valence-electron chi connectivity index (χ1n) is 20.7. The lowest BCUT2D eigenvalue weighted by Gasteiger charge is -2.36. The molecule has 0 spiro atoms. The number of anilines is 2. The SMILES string of the molecule is COc1ccc(CN(Cc2ccc(OC)cc2)c2ccc(C(F)(F)F)c(-c3cc4nc(OC[C@@H]5[C@H]6C[C@H]6CN5C)nc(N5CCN(C(=O)OC(C)(C)C)CC5)c4cc3Cl)n2)cc1. The molecule has 3 aliphatic rings. The smallest absolute Gasteiger partial charge is 0.418 e. The lowest BCUT2D eigenvalue weighted by atomic mass is 10.0. The number of piperidine rings is 1. The molecular weight excluding hydrogens is 823 g/mol. The maximum atomic E-state index is 15.0. The average molecular weight is 874 g/mol. The second-order valence-electron chi connectivity index (χ2n) is 17.2. The van der Waals surface area contributed by atoms with Gasteiger partial charge in [0.25, 0.3) is 0 Å². The van der Waals surface area contributed by atoms with Gasteiger partial charge < -0.3 is 33.6 Å². The Labute approximate surface area is 364 Å². The molecule has 2 saturated heterocycles. The van der Waals surface area contributed by atoms with Gasteiger partial charge >= 0.3 is 18.3 Å². The first-order chi connectivity index (χ1) is 29.6. The Hall–Kier alpha value is -5.54. The van der Waals surface area contributed by atoms with Crippen molar-refractivity contribution >= 4 is 40.2 Å². The van der Waals surface area contributed by atoms with E-state index in [4.69, 9.17) is 45.5 Å². The highest BCUT2D eigenvalue weighted by atomic mass is 35.5. The number of piperazine rings is 1. The first kappa shape index (κ1) is 43.1. The molecule has 3 aromatic carbocycles. The Kier molecular flexibility index (Phi) is 12.0. The average Bonchev–Trinajstić information content (AvgIpc) is 3.93. The minimum atomic E-state index is -4.76. The van der Waals surface area contributed by atoms with Crippen molar-refractivity contribution in [2.24, 2.45) is 11.8 Å². The molecule has 2 aromatic heterocycles. The van der Waals surface area contributed by atoms with E-state index in [0.717, 1.165) is 30.2 Å². The van der Waals surface area contributed by atoms with Crippen LogP contribution in [0.15, 0.2) is 72.8 Å². The summed E-state index contributed by atoms with van der Waals surface area (Å²) >= 11 is 7.04. The van der Waals surface area contributed by atoms with Crippen LogP contribution in [0.5, 0.6) is 17.5 Å². The summed E-state index contributed by atoms with van der Waals surface area (Å²) in [4.78, 5) is 35.2. The zero-order valence-electron chi connectivity index (χ0n) is 35.7. The number of hydrogen-bond acceptors (Lipinski definition) is 11. The number of ether oxygens (including phenoxy) is 4. The van der Waals surface area contributed by atoms with Crippen molar-refractivity contribution in [2.45, 2.75) is 58.1 Å². The molecule has 12 nitrogen and oxygen atoms in total. The standard InChI is InChI=1S/C46H51ClF3N7O5/c1-45(2,3)62-44(58)56-19-17-55(18-20-56)42-35-22-37(47)34(23-38(35)51-43(53-42)61-27-39-33-21-30(33)26-54(39)4)41-36(46(48,49)50)15-16-40(52-41)57(24-28-7-11-31(59-5)12-8-28)25-29-9-13-32(60-6)14-10-29/h7-16,22-23,30,33,39H,17-21,24-27H2,1-6H3/t30-,33-,39+/m0/s1. The minimum absolute atomic E-state index is 0.0442.